The van der Waals surface area contributed by atoms with E-state index < -0.39 is 52.3 Å². The maximum atomic E-state index is 13.6. The molecular formula is C74H72F6N14O12. The average Bonchev–Trinajstić information content (AvgIpc) is 0.754. The summed E-state index contributed by atoms with van der Waals surface area (Å²) in [4.78, 5) is 120. The van der Waals surface area contributed by atoms with E-state index in [1.807, 2.05) is 52.0 Å². The largest absolute Gasteiger partial charge is 0.454 e. The number of hydrogen-bond donors (Lipinski definition) is 2. The number of rotatable bonds is 20. The Morgan fingerprint density at radius 2 is 0.943 bits per heavy atom. The number of unbranched alkanes of at least 4 members (excludes halogenated alkanes) is 2. The first kappa shape index (κ1) is 78.0. The molecule has 12 rings (SSSR count). The first-order chi connectivity index (χ1) is 50.6. The zero-order chi connectivity index (χ0) is 76.7. The lowest BCUT2D eigenvalue weighted by Gasteiger charge is -2.20. The van der Waals surface area contributed by atoms with Gasteiger partial charge in [-0.3, -0.25) is 71.5 Å². The minimum Gasteiger partial charge on any atom is -0.454 e. The maximum Gasteiger partial charge on any atom is 0.433 e. The molecule has 0 radical (unpaired) electrons. The summed E-state index contributed by atoms with van der Waals surface area (Å²) in [5.41, 5.74) is -1.01. The van der Waals surface area contributed by atoms with Gasteiger partial charge in [0.1, 0.15) is 69.5 Å². The first-order valence-electron chi connectivity index (χ1n) is 33.0. The summed E-state index contributed by atoms with van der Waals surface area (Å²) in [5.74, 6) is 1.81. The van der Waals surface area contributed by atoms with Crippen LogP contribution in [0.2, 0.25) is 0 Å². The van der Waals surface area contributed by atoms with Gasteiger partial charge in [0.15, 0.2) is 5.75 Å². The van der Waals surface area contributed by atoms with Gasteiger partial charge in [0.2, 0.25) is 0 Å². The van der Waals surface area contributed by atoms with Crippen molar-refractivity contribution in [2.45, 2.75) is 111 Å². The molecule has 12 aromatic rings. The molecule has 0 bridgehead atoms. The van der Waals surface area contributed by atoms with Crippen LogP contribution in [0.3, 0.4) is 0 Å². The fourth-order valence-corrected chi connectivity index (χ4v) is 10.9. The molecule has 552 valence electrons. The van der Waals surface area contributed by atoms with E-state index in [9.17, 15) is 70.1 Å². The molecule has 0 aliphatic carbocycles. The van der Waals surface area contributed by atoms with Crippen molar-refractivity contribution in [3.8, 4) is 34.5 Å². The number of pyridine rings is 8. The zero-order valence-corrected chi connectivity index (χ0v) is 58.6. The van der Waals surface area contributed by atoms with Crippen LogP contribution < -0.4 is 48.0 Å². The third-order valence-electron chi connectivity index (χ3n) is 16.3. The van der Waals surface area contributed by atoms with Crippen LogP contribution in [0.5, 0.6) is 34.5 Å². The van der Waals surface area contributed by atoms with E-state index in [0.29, 0.717) is 52.4 Å². The number of alkyl halides is 6. The minimum absolute atomic E-state index is 0.00798. The third kappa shape index (κ3) is 18.4. The number of aryl methyl sites for hydroxylation is 6. The lowest BCUT2D eigenvalue weighted by Crippen LogP contribution is -2.40. The number of aliphatic hydroxyl groups excluding tert-OH is 2. The zero-order valence-electron chi connectivity index (χ0n) is 58.6. The molecule has 0 amide bonds. The monoisotopic (exact) mass is 1460 g/mol. The van der Waals surface area contributed by atoms with Crippen molar-refractivity contribution in [2.24, 2.45) is 21.1 Å². The lowest BCUT2D eigenvalue weighted by atomic mass is 9.99. The van der Waals surface area contributed by atoms with Gasteiger partial charge < -0.3 is 24.4 Å². The lowest BCUT2D eigenvalue weighted by molar-refractivity contribution is -0.142. The summed E-state index contributed by atoms with van der Waals surface area (Å²) in [6.07, 6.45) is 8.58. The highest BCUT2D eigenvalue weighted by molar-refractivity contribution is 5.83. The Balaban J connectivity index is 0.000000177. The minimum atomic E-state index is -4.66. The fourth-order valence-electron chi connectivity index (χ4n) is 10.9. The number of carbonyl (C=O) groups is 1. The summed E-state index contributed by atoms with van der Waals surface area (Å²) < 4.78 is 103. The van der Waals surface area contributed by atoms with Crippen LogP contribution in [0.4, 0.5) is 26.3 Å². The number of nitrogens with zero attached hydrogens (tertiary/aromatic N) is 14. The van der Waals surface area contributed by atoms with Crippen molar-refractivity contribution < 1.29 is 55.6 Å². The summed E-state index contributed by atoms with van der Waals surface area (Å²) in [6, 6.07) is 19.9. The van der Waals surface area contributed by atoms with E-state index in [1.54, 1.807) is 69.1 Å². The Morgan fingerprint density at radius 3 is 1.42 bits per heavy atom. The van der Waals surface area contributed by atoms with Crippen molar-refractivity contribution in [2.75, 3.05) is 6.61 Å². The summed E-state index contributed by atoms with van der Waals surface area (Å²) >= 11 is 0. The van der Waals surface area contributed by atoms with Crippen LogP contribution in [0, 0.1) is 20.8 Å². The number of benzene rings is 1. The molecule has 32 heteroatoms. The summed E-state index contributed by atoms with van der Waals surface area (Å²) in [7, 11) is 4.52. The van der Waals surface area contributed by atoms with Crippen molar-refractivity contribution in [1.29, 1.82) is 0 Å². The molecule has 0 aliphatic heterocycles. The van der Waals surface area contributed by atoms with Gasteiger partial charge in [-0.25, -0.2) is 29.3 Å². The number of aldehydes is 1. The van der Waals surface area contributed by atoms with Gasteiger partial charge in [-0.05, 0) is 98.7 Å². The van der Waals surface area contributed by atoms with Crippen LogP contribution in [0.1, 0.15) is 113 Å². The third-order valence-corrected chi connectivity index (χ3v) is 16.3. The Morgan fingerprint density at radius 1 is 0.491 bits per heavy atom. The Labute approximate surface area is 598 Å². The van der Waals surface area contributed by atoms with E-state index in [2.05, 4.69) is 39.9 Å². The molecule has 11 heterocycles. The Bertz CT molecular complexity index is 5530. The van der Waals surface area contributed by atoms with Gasteiger partial charge in [-0.1, -0.05) is 69.2 Å². The number of carbonyl (C=O) groups excluding carboxylic acids is 1. The highest BCUT2D eigenvalue weighted by atomic mass is 19.4. The van der Waals surface area contributed by atoms with Gasteiger partial charge in [0.05, 0.1) is 53.3 Å². The van der Waals surface area contributed by atoms with Crippen LogP contribution >= 0.6 is 0 Å². The van der Waals surface area contributed by atoms with Crippen molar-refractivity contribution in [3.63, 3.8) is 0 Å². The Kier molecular flexibility index (Phi) is 25.3. The average molecular weight is 1460 g/mol. The van der Waals surface area contributed by atoms with E-state index in [4.69, 9.17) is 14.2 Å². The van der Waals surface area contributed by atoms with Gasteiger partial charge >= 0.3 is 29.4 Å². The van der Waals surface area contributed by atoms with Gasteiger partial charge in [0, 0.05) is 107 Å². The molecule has 106 heavy (non-hydrogen) atoms. The van der Waals surface area contributed by atoms with E-state index in [-0.39, 0.29) is 94.2 Å². The number of halogens is 6. The van der Waals surface area contributed by atoms with Gasteiger partial charge in [-0.15, -0.1) is 0 Å². The van der Waals surface area contributed by atoms with E-state index in [1.165, 1.54) is 69.4 Å². The van der Waals surface area contributed by atoms with Crippen molar-refractivity contribution in [3.05, 3.63) is 265 Å². The van der Waals surface area contributed by atoms with E-state index >= 15 is 0 Å². The molecule has 0 fully saturated rings. The van der Waals surface area contributed by atoms with Crippen LogP contribution in [-0.2, 0) is 59.6 Å². The summed E-state index contributed by atoms with van der Waals surface area (Å²) in [6.45, 7) is 9.75. The predicted molar refractivity (Wildman–Crippen MR) is 380 cm³/mol. The Hall–Kier alpha value is -12.2. The second-order valence-corrected chi connectivity index (χ2v) is 24.3. The molecule has 26 nitrogen and oxygen atoms in total. The number of aliphatic hydroxyl groups is 2. The quantitative estimate of drug-likeness (QED) is 0.0529. The number of hydrogen-bond acceptors (Lipinski definition) is 20. The second-order valence-electron chi connectivity index (χ2n) is 24.3. The van der Waals surface area contributed by atoms with Gasteiger partial charge in [-0.2, -0.15) is 26.3 Å². The molecule has 0 saturated heterocycles. The fraction of sp³-hybridized carbons (Fsp3) is 0.284. The molecule has 0 aliphatic rings. The van der Waals surface area contributed by atoms with Gasteiger partial charge in [0.25, 0.3) is 16.7 Å². The maximum absolute atomic E-state index is 13.6. The van der Waals surface area contributed by atoms with Crippen LogP contribution in [-0.4, -0.2) is 90.4 Å². The number of aromatic nitrogens is 14. The summed E-state index contributed by atoms with van der Waals surface area (Å²) in [5, 5.41) is 20.9. The predicted octanol–water partition coefficient (Wildman–Crippen LogP) is 10.8. The van der Waals surface area contributed by atoms with E-state index in [0.717, 1.165) is 87.5 Å². The normalized spacial score (nSPS) is 11.6. The SMILES string of the molecule is CCCCn1c(=O)c2c(C(O)c3ccc(C(F)(F)F)nc3)c(Oc3cncc(C)c3)cnc2n(C)c1=O.CCCCn1c(=O)c2cc(Oc3cncc(C)c3)cnc2n(C)c1=O.Cc1cncc(Oc2cnc3c(c2Cc2ccc(C(F)(F)F)nc2)c(=O)n(CCCO)c(=O)n3C)c1.O=Cc1ccccc1. The molecule has 2 N–H and O–H groups in total. The smallest absolute Gasteiger partial charge is 0.433 e. The highest BCUT2D eigenvalue weighted by Gasteiger charge is 2.34. The molecule has 0 spiro atoms. The molecular weight excluding hydrogens is 1390 g/mol. The molecule has 1 unspecified atom stereocenters. The standard InChI is InChI=1S/C25H24F3N5O4.C24H22F3N5O4.C18H20N4O3.C7H6O/c1-4-5-8-33-23(35)20-19(21(34)15-6-7-18(30-11-15)25(26,27)28)17(13-31-22(20)32(3)24(33)36)37-16-9-14(2)10-29-12-16;1-14-8-16(12-28-10-14)36-18-13-30-21-20(22(34)32(6-3-7-33)23(35)31(21)2)17(18)9-15-4-5-19(29-11-15)24(25,26)27;1-4-5-6-22-17(23)15-8-14(11-20-16(15)21(3)18(22)24)25-13-7-12(2)9-19-10-13;8-6-7-4-2-1-3-5-7/h6-7,9-13,21,34H,4-5,8H2,1-3H3;4-5,8,10-13,33H,3,6-7,9H2,1-2H3;7-11H,4-6H2,1-3H3;1-6H. The van der Waals surface area contributed by atoms with Crippen LogP contribution in [0.15, 0.2) is 176 Å². The van der Waals surface area contributed by atoms with Crippen LogP contribution in [0.25, 0.3) is 33.1 Å². The van der Waals surface area contributed by atoms with Crippen molar-refractivity contribution in [1.82, 2.24) is 67.3 Å². The molecule has 0 saturated carbocycles. The molecule has 11 aromatic heterocycles. The first-order valence-corrected chi connectivity index (χ1v) is 33.0. The number of ether oxygens (including phenoxy) is 3. The second kappa shape index (κ2) is 34.4. The van der Waals surface area contributed by atoms with Crippen molar-refractivity contribution >= 4 is 39.4 Å². The topological polar surface area (TPSA) is 320 Å². The molecule has 1 atom stereocenters. The number of fused-ring (bicyclic) bond motifs is 3. The highest BCUT2D eigenvalue weighted by Crippen LogP contribution is 2.38. The molecule has 1 aromatic carbocycles.